The van der Waals surface area contributed by atoms with Gasteiger partial charge in [0.05, 0.1) is 24.8 Å². The van der Waals surface area contributed by atoms with Gasteiger partial charge in [-0.15, -0.1) is 0 Å². The molecule has 0 aromatic carbocycles. The van der Waals surface area contributed by atoms with Crippen LogP contribution in [0.15, 0.2) is 0 Å². The lowest BCUT2D eigenvalue weighted by atomic mass is 10.1. The van der Waals surface area contributed by atoms with E-state index in [1.807, 2.05) is 25.5 Å². The van der Waals surface area contributed by atoms with Gasteiger partial charge in [-0.1, -0.05) is 0 Å². The molecule has 0 saturated carbocycles. The van der Waals surface area contributed by atoms with E-state index in [1.165, 1.54) is 0 Å². The Morgan fingerprint density at radius 3 is 2.86 bits per heavy atom. The van der Waals surface area contributed by atoms with Crippen LogP contribution < -0.4 is 5.32 Å². The van der Waals surface area contributed by atoms with Crippen molar-refractivity contribution in [1.82, 2.24) is 19.8 Å². The van der Waals surface area contributed by atoms with Gasteiger partial charge in [-0.05, 0) is 26.8 Å². The maximum absolute atomic E-state index is 12.2. The van der Waals surface area contributed by atoms with E-state index in [-0.39, 0.29) is 11.8 Å². The molecule has 2 rings (SSSR count). The summed E-state index contributed by atoms with van der Waals surface area (Å²) in [4.78, 5) is 19.0. The predicted octanol–water partition coefficient (Wildman–Crippen LogP) is 0.621. The van der Waals surface area contributed by atoms with Crippen LogP contribution in [0.5, 0.6) is 0 Å². The molecule has 1 unspecified atom stereocenters. The monoisotopic (exact) mass is 294 g/mol. The van der Waals surface area contributed by atoms with Crippen molar-refractivity contribution in [2.24, 2.45) is 13.0 Å². The summed E-state index contributed by atoms with van der Waals surface area (Å²) in [5.41, 5.74) is 2.17. The summed E-state index contributed by atoms with van der Waals surface area (Å²) in [6.45, 7) is 7.95. The number of aromatic nitrogens is 2. The van der Waals surface area contributed by atoms with Crippen LogP contribution in [0.4, 0.5) is 0 Å². The quantitative estimate of drug-likeness (QED) is 0.835. The van der Waals surface area contributed by atoms with Crippen molar-refractivity contribution < 1.29 is 9.53 Å². The van der Waals surface area contributed by atoms with E-state index in [4.69, 9.17) is 4.74 Å². The van der Waals surface area contributed by atoms with Gasteiger partial charge in [0.25, 0.3) is 0 Å². The summed E-state index contributed by atoms with van der Waals surface area (Å²) in [6, 6.07) is 0. The molecule has 1 N–H and O–H groups in total. The van der Waals surface area contributed by atoms with Crippen LogP contribution in [0, 0.1) is 19.8 Å². The minimum Gasteiger partial charge on any atom is -0.383 e. The number of aryl methyl sites for hydroxylation is 1. The summed E-state index contributed by atoms with van der Waals surface area (Å²) in [5, 5.41) is 3.02. The fourth-order valence-corrected chi connectivity index (χ4v) is 2.72. The molecule has 1 aromatic heterocycles. The molecule has 21 heavy (non-hydrogen) atoms. The van der Waals surface area contributed by atoms with E-state index in [1.54, 1.807) is 7.11 Å². The second-order valence-corrected chi connectivity index (χ2v) is 5.75. The first kappa shape index (κ1) is 16.0. The van der Waals surface area contributed by atoms with Gasteiger partial charge in [-0.3, -0.25) is 4.79 Å². The topological polar surface area (TPSA) is 59.4 Å². The zero-order valence-electron chi connectivity index (χ0n) is 13.5. The Kier molecular flexibility index (Phi) is 5.36. The molecular formula is C15H26N4O2. The van der Waals surface area contributed by atoms with Crippen LogP contribution in [0.25, 0.3) is 0 Å². The standard InChI is InChI=1S/C15H26N4O2/c1-11-12(2)18(3)14(17-11)9-16-15(20)13-5-6-19(10-13)7-8-21-4/h13H,5-10H2,1-4H3,(H,16,20). The van der Waals surface area contributed by atoms with Crippen LogP contribution in [0.1, 0.15) is 23.6 Å². The molecule has 0 aliphatic carbocycles. The van der Waals surface area contributed by atoms with E-state index in [2.05, 4.69) is 15.2 Å². The first-order valence-electron chi connectivity index (χ1n) is 7.50. The summed E-state index contributed by atoms with van der Waals surface area (Å²) >= 11 is 0. The van der Waals surface area contributed by atoms with Crippen LogP contribution >= 0.6 is 0 Å². The van der Waals surface area contributed by atoms with Crippen molar-refractivity contribution in [2.45, 2.75) is 26.8 Å². The van der Waals surface area contributed by atoms with E-state index in [0.29, 0.717) is 6.54 Å². The van der Waals surface area contributed by atoms with Crippen molar-refractivity contribution in [3.8, 4) is 0 Å². The molecule has 6 heteroatoms. The predicted molar refractivity (Wildman–Crippen MR) is 81.0 cm³/mol. The smallest absolute Gasteiger partial charge is 0.224 e. The SMILES string of the molecule is COCCN1CCC(C(=O)NCc2nc(C)c(C)n2C)C1. The zero-order valence-corrected chi connectivity index (χ0v) is 13.5. The van der Waals surface area contributed by atoms with Gasteiger partial charge < -0.3 is 19.5 Å². The highest BCUT2D eigenvalue weighted by Gasteiger charge is 2.27. The Morgan fingerprint density at radius 1 is 1.48 bits per heavy atom. The summed E-state index contributed by atoms with van der Waals surface area (Å²) in [5.74, 6) is 1.13. The van der Waals surface area contributed by atoms with Crippen LogP contribution in [0.2, 0.25) is 0 Å². The number of likely N-dealkylation sites (tertiary alicyclic amines) is 1. The summed E-state index contributed by atoms with van der Waals surface area (Å²) < 4.78 is 7.12. The summed E-state index contributed by atoms with van der Waals surface area (Å²) in [7, 11) is 3.69. The van der Waals surface area contributed by atoms with Gasteiger partial charge in [-0.2, -0.15) is 0 Å². The molecule has 1 aliphatic heterocycles. The molecular weight excluding hydrogens is 268 g/mol. The Hall–Kier alpha value is -1.40. The highest BCUT2D eigenvalue weighted by Crippen LogP contribution is 2.16. The zero-order chi connectivity index (χ0) is 15.4. The van der Waals surface area contributed by atoms with E-state index in [9.17, 15) is 4.79 Å². The van der Waals surface area contributed by atoms with Gasteiger partial charge >= 0.3 is 0 Å². The second kappa shape index (κ2) is 7.04. The molecule has 0 radical (unpaired) electrons. The first-order chi connectivity index (χ1) is 10.0. The number of nitrogens with one attached hydrogen (secondary N) is 1. The van der Waals surface area contributed by atoms with Crippen molar-refractivity contribution in [3.63, 3.8) is 0 Å². The molecule has 2 heterocycles. The Morgan fingerprint density at radius 2 is 2.24 bits per heavy atom. The van der Waals surface area contributed by atoms with Crippen molar-refractivity contribution in [3.05, 3.63) is 17.2 Å². The third-order valence-electron chi connectivity index (χ3n) is 4.39. The van der Waals surface area contributed by atoms with E-state index >= 15 is 0 Å². The highest BCUT2D eigenvalue weighted by molar-refractivity contribution is 5.79. The van der Waals surface area contributed by atoms with Crippen LogP contribution in [-0.2, 0) is 23.1 Å². The van der Waals surface area contributed by atoms with Crippen molar-refractivity contribution in [1.29, 1.82) is 0 Å². The Labute approximate surface area is 126 Å². The van der Waals surface area contributed by atoms with Gasteiger partial charge in [0.1, 0.15) is 5.82 Å². The minimum atomic E-state index is 0.0873. The fraction of sp³-hybridized carbons (Fsp3) is 0.733. The minimum absolute atomic E-state index is 0.0873. The average Bonchev–Trinajstić information content (AvgIpc) is 3.04. The normalized spacial score (nSPS) is 19.1. The number of nitrogens with zero attached hydrogens (tertiary/aromatic N) is 3. The molecule has 1 atom stereocenters. The maximum Gasteiger partial charge on any atom is 0.224 e. The molecule has 0 spiro atoms. The molecule has 6 nitrogen and oxygen atoms in total. The van der Waals surface area contributed by atoms with Gasteiger partial charge in [0.2, 0.25) is 5.91 Å². The molecule has 1 amide bonds. The molecule has 0 bridgehead atoms. The largest absolute Gasteiger partial charge is 0.383 e. The van der Waals surface area contributed by atoms with Crippen LogP contribution in [-0.4, -0.2) is 53.7 Å². The van der Waals surface area contributed by atoms with Crippen molar-refractivity contribution in [2.75, 3.05) is 33.4 Å². The molecule has 1 aromatic rings. The molecule has 1 saturated heterocycles. The number of ether oxygens (including phenoxy) is 1. The van der Waals surface area contributed by atoms with E-state index in [0.717, 1.165) is 49.9 Å². The molecule has 118 valence electrons. The number of imidazole rings is 1. The Bertz CT molecular complexity index is 498. The number of amides is 1. The number of methoxy groups -OCH3 is 1. The number of rotatable bonds is 6. The lowest BCUT2D eigenvalue weighted by molar-refractivity contribution is -0.124. The number of hydrogen-bond acceptors (Lipinski definition) is 4. The number of carbonyl (C=O) groups is 1. The average molecular weight is 294 g/mol. The van der Waals surface area contributed by atoms with E-state index < -0.39 is 0 Å². The van der Waals surface area contributed by atoms with Gasteiger partial charge in [0, 0.05) is 32.9 Å². The first-order valence-corrected chi connectivity index (χ1v) is 7.50. The van der Waals surface area contributed by atoms with Gasteiger partial charge in [-0.25, -0.2) is 4.98 Å². The molecule has 1 aliphatic rings. The lowest BCUT2D eigenvalue weighted by Crippen LogP contribution is -2.33. The number of carbonyl (C=O) groups excluding carboxylic acids is 1. The number of hydrogen-bond donors (Lipinski definition) is 1. The maximum atomic E-state index is 12.2. The van der Waals surface area contributed by atoms with Gasteiger partial charge in [0.15, 0.2) is 0 Å². The second-order valence-electron chi connectivity index (χ2n) is 5.75. The van der Waals surface area contributed by atoms with Crippen molar-refractivity contribution >= 4 is 5.91 Å². The lowest BCUT2D eigenvalue weighted by Gasteiger charge is -2.15. The fourth-order valence-electron chi connectivity index (χ4n) is 2.72. The molecule has 1 fully saturated rings. The third-order valence-corrected chi connectivity index (χ3v) is 4.39. The van der Waals surface area contributed by atoms with Crippen LogP contribution in [0.3, 0.4) is 0 Å². The highest BCUT2D eigenvalue weighted by atomic mass is 16.5. The summed E-state index contributed by atoms with van der Waals surface area (Å²) in [6.07, 6.45) is 0.925. The Balaban J connectivity index is 1.81. The third kappa shape index (κ3) is 3.83.